The number of amides is 2. The molecule has 0 saturated carbocycles. The molecule has 1 aromatic heterocycles. The van der Waals surface area contributed by atoms with Crippen molar-refractivity contribution in [2.24, 2.45) is 0 Å². The minimum atomic E-state index is -0.236. The third-order valence-corrected chi connectivity index (χ3v) is 5.71. The minimum Gasteiger partial charge on any atom is -0.329 e. The Morgan fingerprint density at radius 2 is 1.79 bits per heavy atom. The van der Waals surface area contributed by atoms with Crippen LogP contribution in [0.25, 0.3) is 6.08 Å². The SMILES string of the molecule is CCN(CC)CCN(CC(=O)Nc1nc(C)c(C)s1)C(=O)/C=C/c1ccccc1. The van der Waals surface area contributed by atoms with E-state index < -0.39 is 0 Å². The number of aromatic nitrogens is 1. The quantitative estimate of drug-likeness (QED) is 0.604. The summed E-state index contributed by atoms with van der Waals surface area (Å²) in [5.74, 6) is -0.414. The van der Waals surface area contributed by atoms with Crippen LogP contribution in [-0.2, 0) is 9.59 Å². The van der Waals surface area contributed by atoms with Gasteiger partial charge in [-0.05, 0) is 38.6 Å². The molecule has 7 heteroatoms. The second kappa shape index (κ2) is 11.5. The molecule has 0 spiro atoms. The summed E-state index contributed by atoms with van der Waals surface area (Å²) in [6, 6.07) is 9.65. The normalized spacial score (nSPS) is 11.2. The second-order valence-electron chi connectivity index (χ2n) is 6.74. The maximum Gasteiger partial charge on any atom is 0.247 e. The molecule has 0 unspecified atom stereocenters. The van der Waals surface area contributed by atoms with Crippen molar-refractivity contribution in [2.45, 2.75) is 27.7 Å². The average Bonchev–Trinajstić information content (AvgIpc) is 3.03. The van der Waals surface area contributed by atoms with Gasteiger partial charge in [0, 0.05) is 24.0 Å². The van der Waals surface area contributed by atoms with Crippen LogP contribution in [0.4, 0.5) is 5.13 Å². The number of rotatable bonds is 10. The van der Waals surface area contributed by atoms with Gasteiger partial charge in [-0.25, -0.2) is 4.98 Å². The van der Waals surface area contributed by atoms with Crippen LogP contribution in [0.3, 0.4) is 0 Å². The Hall–Kier alpha value is -2.51. The van der Waals surface area contributed by atoms with Gasteiger partial charge >= 0.3 is 0 Å². The molecule has 2 aromatic rings. The largest absolute Gasteiger partial charge is 0.329 e. The standard InChI is InChI=1S/C22H30N4O2S/c1-5-25(6-2)14-15-26(21(28)13-12-19-10-8-7-9-11-19)16-20(27)24-22-23-17(3)18(4)29-22/h7-13H,5-6,14-16H2,1-4H3,(H,23,24,27)/b13-12+. The minimum absolute atomic E-state index is 0.00307. The van der Waals surface area contributed by atoms with E-state index in [0.29, 0.717) is 11.7 Å². The number of hydrogen-bond acceptors (Lipinski definition) is 5. The van der Waals surface area contributed by atoms with Crippen LogP contribution in [0, 0.1) is 13.8 Å². The topological polar surface area (TPSA) is 65.5 Å². The molecular formula is C22H30N4O2S. The number of carbonyl (C=O) groups excluding carboxylic acids is 2. The molecule has 0 radical (unpaired) electrons. The number of benzene rings is 1. The Morgan fingerprint density at radius 3 is 2.38 bits per heavy atom. The monoisotopic (exact) mass is 414 g/mol. The summed E-state index contributed by atoms with van der Waals surface area (Å²) in [6.45, 7) is 11.1. The van der Waals surface area contributed by atoms with Crippen LogP contribution in [0.1, 0.15) is 30.0 Å². The van der Waals surface area contributed by atoms with Crippen LogP contribution in [0.2, 0.25) is 0 Å². The fourth-order valence-corrected chi connectivity index (χ4v) is 3.60. The third-order valence-electron chi connectivity index (χ3n) is 4.72. The van der Waals surface area contributed by atoms with E-state index in [1.54, 1.807) is 11.0 Å². The first-order valence-electron chi connectivity index (χ1n) is 9.91. The lowest BCUT2D eigenvalue weighted by Gasteiger charge is -2.25. The first kappa shape index (κ1) is 22.8. The molecule has 29 heavy (non-hydrogen) atoms. The molecule has 0 bridgehead atoms. The van der Waals surface area contributed by atoms with Crippen molar-refractivity contribution in [3.8, 4) is 0 Å². The van der Waals surface area contributed by atoms with Crippen LogP contribution < -0.4 is 5.32 Å². The maximum absolute atomic E-state index is 12.8. The summed E-state index contributed by atoms with van der Waals surface area (Å²) >= 11 is 1.44. The molecule has 0 atom stereocenters. The number of nitrogens with zero attached hydrogens (tertiary/aromatic N) is 3. The highest BCUT2D eigenvalue weighted by atomic mass is 32.1. The van der Waals surface area contributed by atoms with E-state index >= 15 is 0 Å². The number of anilines is 1. The second-order valence-corrected chi connectivity index (χ2v) is 7.94. The highest BCUT2D eigenvalue weighted by Gasteiger charge is 2.17. The lowest BCUT2D eigenvalue weighted by Crippen LogP contribution is -2.42. The predicted molar refractivity (Wildman–Crippen MR) is 120 cm³/mol. The molecule has 156 valence electrons. The molecule has 0 aliphatic carbocycles. The maximum atomic E-state index is 12.8. The zero-order valence-corrected chi connectivity index (χ0v) is 18.5. The summed E-state index contributed by atoms with van der Waals surface area (Å²) in [4.78, 5) is 34.5. The molecular weight excluding hydrogens is 384 g/mol. The molecule has 0 aliphatic rings. The van der Waals surface area contributed by atoms with Crippen molar-refractivity contribution in [3.05, 3.63) is 52.5 Å². The van der Waals surface area contributed by atoms with Crippen LogP contribution in [-0.4, -0.2) is 59.3 Å². The van der Waals surface area contributed by atoms with Crippen molar-refractivity contribution in [2.75, 3.05) is 38.0 Å². The van der Waals surface area contributed by atoms with Gasteiger partial charge in [0.05, 0.1) is 5.69 Å². The van der Waals surface area contributed by atoms with Crippen molar-refractivity contribution in [3.63, 3.8) is 0 Å². The molecule has 0 aliphatic heterocycles. The van der Waals surface area contributed by atoms with Gasteiger partial charge in [0.25, 0.3) is 0 Å². The summed E-state index contributed by atoms with van der Waals surface area (Å²) in [5, 5.41) is 3.39. The highest BCUT2D eigenvalue weighted by molar-refractivity contribution is 7.15. The van der Waals surface area contributed by atoms with Gasteiger partial charge in [-0.3, -0.25) is 9.59 Å². The Balaban J connectivity index is 2.05. The van der Waals surface area contributed by atoms with E-state index in [1.165, 1.54) is 17.4 Å². The van der Waals surface area contributed by atoms with Crippen molar-refractivity contribution in [1.29, 1.82) is 0 Å². The zero-order chi connectivity index (χ0) is 21.2. The van der Waals surface area contributed by atoms with Crippen molar-refractivity contribution >= 4 is 34.4 Å². The summed E-state index contributed by atoms with van der Waals surface area (Å²) in [5.41, 5.74) is 1.85. The van der Waals surface area contributed by atoms with Crippen molar-refractivity contribution < 1.29 is 9.59 Å². The van der Waals surface area contributed by atoms with Crippen LogP contribution in [0.15, 0.2) is 36.4 Å². The molecule has 1 heterocycles. The first-order chi connectivity index (χ1) is 13.9. The molecule has 1 N–H and O–H groups in total. The van der Waals surface area contributed by atoms with E-state index in [2.05, 4.69) is 29.0 Å². The fourth-order valence-electron chi connectivity index (χ4n) is 2.76. The summed E-state index contributed by atoms with van der Waals surface area (Å²) in [7, 11) is 0. The third kappa shape index (κ3) is 7.44. The number of carbonyl (C=O) groups is 2. The lowest BCUT2D eigenvalue weighted by atomic mass is 10.2. The molecule has 2 amide bonds. The highest BCUT2D eigenvalue weighted by Crippen LogP contribution is 2.20. The smallest absolute Gasteiger partial charge is 0.247 e. The Labute approximate surface area is 177 Å². The molecule has 0 fully saturated rings. The number of thiazole rings is 1. The summed E-state index contributed by atoms with van der Waals surface area (Å²) < 4.78 is 0. The fraction of sp³-hybridized carbons (Fsp3) is 0.409. The number of likely N-dealkylation sites (N-methyl/N-ethyl adjacent to an activating group) is 1. The molecule has 2 rings (SSSR count). The van der Waals surface area contributed by atoms with Gasteiger partial charge in [0.15, 0.2) is 5.13 Å². The van der Waals surface area contributed by atoms with Gasteiger partial charge < -0.3 is 15.1 Å². The van der Waals surface area contributed by atoms with E-state index in [9.17, 15) is 9.59 Å². The van der Waals surface area contributed by atoms with E-state index in [-0.39, 0.29) is 18.4 Å². The first-order valence-corrected chi connectivity index (χ1v) is 10.7. The Kier molecular flexibility index (Phi) is 9.02. The van der Waals surface area contributed by atoms with Crippen LogP contribution in [0.5, 0.6) is 0 Å². The number of aryl methyl sites for hydroxylation is 2. The Bertz CT molecular complexity index is 809. The van der Waals surface area contributed by atoms with Gasteiger partial charge in [0.1, 0.15) is 6.54 Å². The number of hydrogen-bond donors (Lipinski definition) is 1. The van der Waals surface area contributed by atoms with E-state index in [4.69, 9.17) is 0 Å². The van der Waals surface area contributed by atoms with Crippen molar-refractivity contribution in [1.82, 2.24) is 14.8 Å². The summed E-state index contributed by atoms with van der Waals surface area (Å²) in [6.07, 6.45) is 3.31. The average molecular weight is 415 g/mol. The van der Waals surface area contributed by atoms with E-state index in [0.717, 1.165) is 35.8 Å². The predicted octanol–water partition coefficient (Wildman–Crippen LogP) is 3.58. The van der Waals surface area contributed by atoms with Crippen LogP contribution >= 0.6 is 11.3 Å². The van der Waals surface area contributed by atoms with E-state index in [1.807, 2.05) is 44.2 Å². The van der Waals surface area contributed by atoms with Gasteiger partial charge in [0.2, 0.25) is 11.8 Å². The number of nitrogens with one attached hydrogen (secondary N) is 1. The molecule has 0 saturated heterocycles. The van der Waals surface area contributed by atoms with Gasteiger partial charge in [-0.2, -0.15) is 0 Å². The zero-order valence-electron chi connectivity index (χ0n) is 17.6. The molecule has 6 nitrogen and oxygen atoms in total. The van der Waals surface area contributed by atoms with Gasteiger partial charge in [-0.1, -0.05) is 44.2 Å². The molecule has 1 aromatic carbocycles. The Morgan fingerprint density at radius 1 is 1.10 bits per heavy atom. The lowest BCUT2D eigenvalue weighted by molar-refractivity contribution is -0.130. The van der Waals surface area contributed by atoms with Gasteiger partial charge in [-0.15, -0.1) is 11.3 Å².